The molecule has 0 amide bonds. The summed E-state index contributed by atoms with van der Waals surface area (Å²) in [7, 11) is 1.66. The smallest absolute Gasteiger partial charge is 0.119 e. The zero-order valence-corrected chi connectivity index (χ0v) is 9.66. The molecule has 76 valence electrons. The summed E-state index contributed by atoms with van der Waals surface area (Å²) in [5.74, 6) is 2.47. The van der Waals surface area contributed by atoms with Crippen molar-refractivity contribution in [3.8, 4) is 11.5 Å². The Balaban J connectivity index is 1.84. The van der Waals surface area contributed by atoms with Gasteiger partial charge in [0.25, 0.3) is 0 Å². The van der Waals surface area contributed by atoms with E-state index in [1.165, 1.54) is 6.42 Å². The standard InChI is InChI=1S/C11H13BrO2/c1-13-9-2-4-10(5-3-9)14-7-8-6-11(8)12/h2-5,8,11H,6-7H2,1H3/t8-,11+/m0/s1. The van der Waals surface area contributed by atoms with E-state index in [9.17, 15) is 0 Å². The molecule has 0 saturated heterocycles. The van der Waals surface area contributed by atoms with Crippen LogP contribution in [0.2, 0.25) is 0 Å². The Labute approximate surface area is 92.3 Å². The summed E-state index contributed by atoms with van der Waals surface area (Å²) in [5, 5.41) is 0. The van der Waals surface area contributed by atoms with E-state index in [1.807, 2.05) is 24.3 Å². The molecule has 0 bridgehead atoms. The number of rotatable bonds is 4. The van der Waals surface area contributed by atoms with Crippen LogP contribution in [0.25, 0.3) is 0 Å². The molecule has 0 aliphatic heterocycles. The molecule has 2 nitrogen and oxygen atoms in total. The Morgan fingerprint density at radius 1 is 1.29 bits per heavy atom. The Morgan fingerprint density at radius 2 is 1.86 bits per heavy atom. The fourth-order valence-corrected chi connectivity index (χ4v) is 1.89. The van der Waals surface area contributed by atoms with E-state index in [0.717, 1.165) is 18.1 Å². The molecule has 1 aliphatic rings. The van der Waals surface area contributed by atoms with Crippen molar-refractivity contribution in [1.29, 1.82) is 0 Å². The van der Waals surface area contributed by atoms with Gasteiger partial charge in [-0.2, -0.15) is 0 Å². The predicted octanol–water partition coefficient (Wildman–Crippen LogP) is 2.86. The zero-order valence-electron chi connectivity index (χ0n) is 8.07. The zero-order chi connectivity index (χ0) is 9.97. The highest BCUT2D eigenvalue weighted by molar-refractivity contribution is 9.09. The molecule has 1 aromatic carbocycles. The summed E-state index contributed by atoms with van der Waals surface area (Å²) < 4.78 is 10.7. The fourth-order valence-electron chi connectivity index (χ4n) is 1.26. The Morgan fingerprint density at radius 3 is 2.36 bits per heavy atom. The Kier molecular flexibility index (Phi) is 2.96. The molecular formula is C11H13BrO2. The van der Waals surface area contributed by atoms with Crippen molar-refractivity contribution in [2.45, 2.75) is 11.2 Å². The maximum absolute atomic E-state index is 5.61. The van der Waals surface area contributed by atoms with Gasteiger partial charge in [0, 0.05) is 10.7 Å². The van der Waals surface area contributed by atoms with Crippen molar-refractivity contribution in [2.24, 2.45) is 5.92 Å². The molecular weight excluding hydrogens is 244 g/mol. The van der Waals surface area contributed by atoms with E-state index >= 15 is 0 Å². The SMILES string of the molecule is COc1ccc(OC[C@@H]2C[C@H]2Br)cc1. The van der Waals surface area contributed by atoms with E-state index in [1.54, 1.807) is 7.11 Å². The minimum Gasteiger partial charge on any atom is -0.497 e. The molecule has 1 aromatic rings. The van der Waals surface area contributed by atoms with Crippen LogP contribution < -0.4 is 9.47 Å². The number of methoxy groups -OCH3 is 1. The lowest BCUT2D eigenvalue weighted by Crippen LogP contribution is -2.00. The topological polar surface area (TPSA) is 18.5 Å². The Bertz CT molecular complexity index is 297. The van der Waals surface area contributed by atoms with Crippen molar-refractivity contribution in [3.63, 3.8) is 0 Å². The first-order valence-electron chi connectivity index (χ1n) is 4.70. The highest BCUT2D eigenvalue weighted by Gasteiger charge is 2.34. The normalized spacial score (nSPS) is 24.4. The van der Waals surface area contributed by atoms with Crippen LogP contribution in [0.15, 0.2) is 24.3 Å². The number of hydrogen-bond donors (Lipinski definition) is 0. The summed E-state index contributed by atoms with van der Waals surface area (Å²) >= 11 is 3.54. The maximum Gasteiger partial charge on any atom is 0.119 e. The third-order valence-electron chi connectivity index (χ3n) is 2.36. The lowest BCUT2D eigenvalue weighted by atomic mass is 10.3. The fraction of sp³-hybridized carbons (Fsp3) is 0.455. The van der Waals surface area contributed by atoms with Crippen LogP contribution in [0.1, 0.15) is 6.42 Å². The van der Waals surface area contributed by atoms with Gasteiger partial charge in [-0.1, -0.05) is 15.9 Å². The van der Waals surface area contributed by atoms with Crippen molar-refractivity contribution in [3.05, 3.63) is 24.3 Å². The summed E-state index contributed by atoms with van der Waals surface area (Å²) in [6, 6.07) is 7.69. The molecule has 0 unspecified atom stereocenters. The van der Waals surface area contributed by atoms with Gasteiger partial charge in [-0.05, 0) is 30.7 Å². The summed E-state index contributed by atoms with van der Waals surface area (Å²) in [5.41, 5.74) is 0. The van der Waals surface area contributed by atoms with E-state index in [0.29, 0.717) is 10.7 Å². The van der Waals surface area contributed by atoms with Crippen molar-refractivity contribution in [2.75, 3.05) is 13.7 Å². The predicted molar refractivity (Wildman–Crippen MR) is 59.3 cm³/mol. The molecule has 3 heteroatoms. The largest absolute Gasteiger partial charge is 0.497 e. The third kappa shape index (κ3) is 2.41. The van der Waals surface area contributed by atoms with Crippen molar-refractivity contribution in [1.82, 2.24) is 0 Å². The molecule has 2 rings (SSSR count). The van der Waals surface area contributed by atoms with Crippen LogP contribution in [0.3, 0.4) is 0 Å². The third-order valence-corrected chi connectivity index (χ3v) is 3.48. The van der Waals surface area contributed by atoms with Crippen LogP contribution in [0.5, 0.6) is 11.5 Å². The van der Waals surface area contributed by atoms with Gasteiger partial charge < -0.3 is 9.47 Å². The minimum absolute atomic E-state index is 0.667. The first-order chi connectivity index (χ1) is 6.79. The molecule has 14 heavy (non-hydrogen) atoms. The van der Waals surface area contributed by atoms with E-state index in [4.69, 9.17) is 9.47 Å². The summed E-state index contributed by atoms with van der Waals surface area (Å²) in [6.07, 6.45) is 1.23. The van der Waals surface area contributed by atoms with Crippen LogP contribution in [0, 0.1) is 5.92 Å². The number of alkyl halides is 1. The van der Waals surface area contributed by atoms with Gasteiger partial charge in [0.1, 0.15) is 11.5 Å². The lowest BCUT2D eigenvalue weighted by molar-refractivity contribution is 0.300. The highest BCUT2D eigenvalue weighted by Crippen LogP contribution is 2.37. The number of hydrogen-bond acceptors (Lipinski definition) is 2. The second kappa shape index (κ2) is 4.22. The molecule has 0 aromatic heterocycles. The van der Waals surface area contributed by atoms with Crippen LogP contribution in [-0.2, 0) is 0 Å². The number of halogens is 1. The van der Waals surface area contributed by atoms with E-state index in [2.05, 4.69) is 15.9 Å². The van der Waals surface area contributed by atoms with Gasteiger partial charge in [0.15, 0.2) is 0 Å². The van der Waals surface area contributed by atoms with Crippen LogP contribution in [0.4, 0.5) is 0 Å². The molecule has 1 saturated carbocycles. The average Bonchev–Trinajstić information content (AvgIpc) is 2.92. The molecule has 1 aliphatic carbocycles. The lowest BCUT2D eigenvalue weighted by Gasteiger charge is -2.05. The average molecular weight is 257 g/mol. The van der Waals surface area contributed by atoms with E-state index < -0.39 is 0 Å². The molecule has 0 radical (unpaired) electrons. The van der Waals surface area contributed by atoms with Gasteiger partial charge in [0.2, 0.25) is 0 Å². The van der Waals surface area contributed by atoms with Crippen LogP contribution >= 0.6 is 15.9 Å². The summed E-state index contributed by atoms with van der Waals surface area (Å²) in [4.78, 5) is 0.667. The quantitative estimate of drug-likeness (QED) is 0.772. The van der Waals surface area contributed by atoms with Gasteiger partial charge in [-0.3, -0.25) is 0 Å². The second-order valence-electron chi connectivity index (χ2n) is 3.50. The summed E-state index contributed by atoms with van der Waals surface area (Å²) in [6.45, 7) is 0.808. The first kappa shape index (κ1) is 9.84. The highest BCUT2D eigenvalue weighted by atomic mass is 79.9. The van der Waals surface area contributed by atoms with Gasteiger partial charge >= 0.3 is 0 Å². The maximum atomic E-state index is 5.61. The molecule has 2 atom stereocenters. The number of ether oxygens (including phenoxy) is 2. The second-order valence-corrected chi connectivity index (χ2v) is 4.67. The minimum atomic E-state index is 0.667. The Hall–Kier alpha value is -0.700. The van der Waals surface area contributed by atoms with Gasteiger partial charge in [0.05, 0.1) is 13.7 Å². The van der Waals surface area contributed by atoms with Gasteiger partial charge in [-0.15, -0.1) is 0 Å². The monoisotopic (exact) mass is 256 g/mol. The van der Waals surface area contributed by atoms with Gasteiger partial charge in [-0.25, -0.2) is 0 Å². The number of benzene rings is 1. The molecule has 0 N–H and O–H groups in total. The molecule has 0 spiro atoms. The van der Waals surface area contributed by atoms with Crippen LogP contribution in [-0.4, -0.2) is 18.5 Å². The van der Waals surface area contributed by atoms with Crippen molar-refractivity contribution < 1.29 is 9.47 Å². The van der Waals surface area contributed by atoms with Crippen molar-refractivity contribution >= 4 is 15.9 Å². The van der Waals surface area contributed by atoms with E-state index in [-0.39, 0.29) is 0 Å². The first-order valence-corrected chi connectivity index (χ1v) is 5.62. The molecule has 0 heterocycles. The molecule has 1 fully saturated rings.